The fourth-order valence-electron chi connectivity index (χ4n) is 3.36. The minimum atomic E-state index is -1.01. The fraction of sp³-hybridized carbons (Fsp3) is 0.409. The number of hydrogen-bond acceptors (Lipinski definition) is 3. The van der Waals surface area contributed by atoms with Gasteiger partial charge in [0.25, 0.3) is 0 Å². The van der Waals surface area contributed by atoms with E-state index in [0.29, 0.717) is 18.3 Å². The Labute approximate surface area is 170 Å². The molecule has 5 nitrogen and oxygen atoms in total. The number of piperidine rings is 1. The third kappa shape index (κ3) is 6.09. The maximum absolute atomic E-state index is 12.3. The fourth-order valence-corrected chi connectivity index (χ4v) is 4.32. The Kier molecular flexibility index (Phi) is 7.91. The summed E-state index contributed by atoms with van der Waals surface area (Å²) in [5, 5.41) is 6.87. The van der Waals surface area contributed by atoms with Gasteiger partial charge in [-0.25, -0.2) is 0 Å². The zero-order valence-electron chi connectivity index (χ0n) is 16.5. The Morgan fingerprint density at radius 2 is 1.71 bits per heavy atom. The van der Waals surface area contributed by atoms with E-state index < -0.39 is 10.8 Å². The van der Waals surface area contributed by atoms with Crippen LogP contribution in [-0.4, -0.2) is 48.1 Å². The van der Waals surface area contributed by atoms with Gasteiger partial charge in [0.2, 0.25) is 0 Å². The van der Waals surface area contributed by atoms with Gasteiger partial charge >= 0.3 is 0 Å². The Morgan fingerprint density at radius 1 is 1.07 bits per heavy atom. The van der Waals surface area contributed by atoms with Crippen molar-refractivity contribution in [2.24, 2.45) is 4.99 Å². The van der Waals surface area contributed by atoms with E-state index in [1.807, 2.05) is 30.3 Å². The molecule has 0 amide bonds. The van der Waals surface area contributed by atoms with Gasteiger partial charge in [-0.2, -0.15) is 0 Å². The van der Waals surface area contributed by atoms with Crippen molar-refractivity contribution in [2.45, 2.75) is 30.7 Å². The van der Waals surface area contributed by atoms with E-state index in [4.69, 9.17) is 0 Å². The van der Waals surface area contributed by atoms with Gasteiger partial charge in [0, 0.05) is 42.0 Å². The van der Waals surface area contributed by atoms with Crippen molar-refractivity contribution >= 4 is 22.4 Å². The van der Waals surface area contributed by atoms with E-state index in [-0.39, 0.29) is 0 Å². The van der Waals surface area contributed by atoms with Crippen molar-refractivity contribution in [1.82, 2.24) is 10.6 Å². The van der Waals surface area contributed by atoms with Crippen LogP contribution in [0, 0.1) is 0 Å². The molecule has 1 aliphatic heterocycles. The third-order valence-corrected chi connectivity index (χ3v) is 6.21. The highest BCUT2D eigenvalue weighted by Crippen LogP contribution is 2.19. The molecule has 3 rings (SSSR count). The van der Waals surface area contributed by atoms with Gasteiger partial charge in [0.05, 0.1) is 17.3 Å². The van der Waals surface area contributed by atoms with Crippen LogP contribution in [0.3, 0.4) is 0 Å². The van der Waals surface area contributed by atoms with E-state index in [1.54, 1.807) is 0 Å². The summed E-state index contributed by atoms with van der Waals surface area (Å²) in [6.07, 6.45) is 2.16. The summed E-state index contributed by atoms with van der Waals surface area (Å²) in [6.45, 7) is 5.51. The molecule has 0 aliphatic carbocycles. The summed E-state index contributed by atoms with van der Waals surface area (Å²) in [7, 11) is -1.01. The first-order chi connectivity index (χ1) is 13.8. The summed E-state index contributed by atoms with van der Waals surface area (Å²) < 4.78 is 12.3. The molecule has 150 valence electrons. The van der Waals surface area contributed by atoms with Crippen molar-refractivity contribution in [1.29, 1.82) is 0 Å². The number of rotatable bonds is 7. The molecule has 2 aromatic rings. The van der Waals surface area contributed by atoms with Crippen LogP contribution in [0.15, 0.2) is 70.6 Å². The predicted molar refractivity (Wildman–Crippen MR) is 119 cm³/mol. The topological polar surface area (TPSA) is 56.7 Å². The van der Waals surface area contributed by atoms with Crippen LogP contribution in [0.1, 0.15) is 19.8 Å². The van der Waals surface area contributed by atoms with Gasteiger partial charge in [0.1, 0.15) is 0 Å². The Balaban J connectivity index is 1.48. The first kappa shape index (κ1) is 20.4. The van der Waals surface area contributed by atoms with Crippen LogP contribution in [0.5, 0.6) is 0 Å². The Hall–Kier alpha value is -2.34. The number of nitrogens with zero attached hydrogens (tertiary/aromatic N) is 2. The molecule has 0 spiro atoms. The molecule has 0 radical (unpaired) electrons. The second-order valence-corrected chi connectivity index (χ2v) is 8.44. The van der Waals surface area contributed by atoms with Crippen LogP contribution >= 0.6 is 0 Å². The molecule has 0 saturated carbocycles. The van der Waals surface area contributed by atoms with Gasteiger partial charge in [-0.15, -0.1) is 0 Å². The average Bonchev–Trinajstić information content (AvgIpc) is 2.75. The zero-order valence-corrected chi connectivity index (χ0v) is 17.3. The van der Waals surface area contributed by atoms with E-state index in [9.17, 15) is 4.21 Å². The quantitative estimate of drug-likeness (QED) is 0.556. The van der Waals surface area contributed by atoms with Gasteiger partial charge in [-0.05, 0) is 44.0 Å². The number of aliphatic imine (C=N–C) groups is 1. The van der Waals surface area contributed by atoms with Gasteiger partial charge in [0.15, 0.2) is 5.96 Å². The molecule has 1 aliphatic rings. The number of guanidine groups is 1. The highest BCUT2D eigenvalue weighted by Gasteiger charge is 2.20. The highest BCUT2D eigenvalue weighted by molar-refractivity contribution is 7.85. The Bertz CT molecular complexity index is 759. The predicted octanol–water partition coefficient (Wildman–Crippen LogP) is 3.02. The lowest BCUT2D eigenvalue weighted by molar-refractivity contribution is 0.461. The van der Waals surface area contributed by atoms with Gasteiger partial charge < -0.3 is 15.5 Å². The average molecular weight is 399 g/mol. The van der Waals surface area contributed by atoms with Gasteiger partial charge in [-0.1, -0.05) is 36.4 Å². The molecular weight excluding hydrogens is 368 g/mol. The second kappa shape index (κ2) is 10.9. The lowest BCUT2D eigenvalue weighted by Gasteiger charge is -2.34. The van der Waals surface area contributed by atoms with E-state index in [0.717, 1.165) is 43.3 Å². The van der Waals surface area contributed by atoms with E-state index >= 15 is 0 Å². The lowest BCUT2D eigenvalue weighted by Crippen LogP contribution is -2.48. The third-order valence-electron chi connectivity index (χ3n) is 4.85. The molecular formula is C22H30N4OS. The maximum Gasteiger partial charge on any atom is 0.191 e. The molecule has 0 bridgehead atoms. The molecule has 0 aromatic heterocycles. The number of anilines is 1. The number of hydrogen-bond donors (Lipinski definition) is 2. The van der Waals surface area contributed by atoms with Crippen LogP contribution in [-0.2, 0) is 10.8 Å². The largest absolute Gasteiger partial charge is 0.371 e. The van der Waals surface area contributed by atoms with Crippen LogP contribution < -0.4 is 15.5 Å². The number of benzene rings is 2. The molecule has 1 atom stereocenters. The van der Waals surface area contributed by atoms with Crippen LogP contribution in [0.25, 0.3) is 0 Å². The summed E-state index contributed by atoms with van der Waals surface area (Å²) in [6, 6.07) is 20.6. The molecule has 1 unspecified atom stereocenters. The monoisotopic (exact) mass is 398 g/mol. The zero-order chi connectivity index (χ0) is 19.6. The van der Waals surface area contributed by atoms with Gasteiger partial charge in [-0.3, -0.25) is 9.20 Å². The first-order valence-electron chi connectivity index (χ1n) is 10.0. The summed E-state index contributed by atoms with van der Waals surface area (Å²) in [5.41, 5.74) is 1.30. The second-order valence-electron chi connectivity index (χ2n) is 6.86. The molecule has 28 heavy (non-hydrogen) atoms. The highest BCUT2D eigenvalue weighted by atomic mass is 32.2. The van der Waals surface area contributed by atoms with Crippen molar-refractivity contribution < 1.29 is 4.21 Å². The molecule has 2 N–H and O–H groups in total. The SMILES string of the molecule is CCNC(=NCCS(=O)c1ccccc1)NC1CCN(c2ccccc2)CC1. The van der Waals surface area contributed by atoms with E-state index in [2.05, 4.69) is 57.8 Å². The molecule has 2 aromatic carbocycles. The van der Waals surface area contributed by atoms with Crippen LogP contribution in [0.2, 0.25) is 0 Å². The van der Waals surface area contributed by atoms with Crippen molar-refractivity contribution in [3.63, 3.8) is 0 Å². The van der Waals surface area contributed by atoms with Crippen LogP contribution in [0.4, 0.5) is 5.69 Å². The standard InChI is InChI=1S/C22H30N4OS/c1-2-23-22(24-15-18-28(27)21-11-7-4-8-12-21)25-19-13-16-26(17-14-19)20-9-5-3-6-10-20/h3-12,19H,2,13-18H2,1H3,(H2,23,24,25). The van der Waals surface area contributed by atoms with Crippen molar-refractivity contribution in [3.8, 4) is 0 Å². The maximum atomic E-state index is 12.3. The minimum absolute atomic E-state index is 0.414. The molecule has 1 saturated heterocycles. The lowest BCUT2D eigenvalue weighted by atomic mass is 10.0. The normalized spacial score (nSPS) is 16.6. The molecule has 1 heterocycles. The summed E-state index contributed by atoms with van der Waals surface area (Å²) in [5.74, 6) is 1.36. The van der Waals surface area contributed by atoms with E-state index in [1.165, 1.54) is 5.69 Å². The number of nitrogens with one attached hydrogen (secondary N) is 2. The summed E-state index contributed by atoms with van der Waals surface area (Å²) in [4.78, 5) is 7.94. The smallest absolute Gasteiger partial charge is 0.191 e. The van der Waals surface area contributed by atoms with Crippen molar-refractivity contribution in [2.75, 3.05) is 36.8 Å². The number of para-hydroxylation sites is 1. The molecule has 1 fully saturated rings. The summed E-state index contributed by atoms with van der Waals surface area (Å²) >= 11 is 0. The first-order valence-corrected chi connectivity index (χ1v) is 11.4. The Morgan fingerprint density at radius 3 is 2.36 bits per heavy atom. The minimum Gasteiger partial charge on any atom is -0.371 e. The van der Waals surface area contributed by atoms with Crippen molar-refractivity contribution in [3.05, 3.63) is 60.7 Å². The molecule has 6 heteroatoms.